The van der Waals surface area contributed by atoms with Gasteiger partial charge in [-0.2, -0.15) is 0 Å². The second kappa shape index (κ2) is 9.98. The fraction of sp³-hybridized carbons (Fsp3) is 0.125. The summed E-state index contributed by atoms with van der Waals surface area (Å²) in [5, 5.41) is 6.13. The van der Waals surface area contributed by atoms with Gasteiger partial charge < -0.3 is 19.5 Å². The monoisotopic (exact) mass is 449 g/mol. The zero-order valence-electron chi connectivity index (χ0n) is 17.0. The molecule has 2 heterocycles. The molecule has 2 aromatic heterocycles. The van der Waals surface area contributed by atoms with Gasteiger partial charge in [0.25, 0.3) is 5.91 Å². The molecule has 2 amide bonds. The van der Waals surface area contributed by atoms with E-state index in [2.05, 4.69) is 15.6 Å². The Labute approximate surface area is 189 Å². The summed E-state index contributed by atoms with van der Waals surface area (Å²) < 4.78 is 11.0. The third-order valence-corrected chi connectivity index (χ3v) is 5.04. The second-order valence-corrected chi connectivity index (χ2v) is 7.36. The molecule has 32 heavy (non-hydrogen) atoms. The molecular weight excluding hydrogens is 430 g/mol. The maximum absolute atomic E-state index is 12.5. The van der Waals surface area contributed by atoms with Gasteiger partial charge in [0.05, 0.1) is 35.3 Å². The number of amides is 2. The number of oxazole rings is 1. The minimum absolute atomic E-state index is 0.144. The summed E-state index contributed by atoms with van der Waals surface area (Å²) in [6.45, 7) is 0.256. The molecule has 162 valence electrons. The van der Waals surface area contributed by atoms with Gasteiger partial charge in [-0.3, -0.25) is 9.59 Å². The van der Waals surface area contributed by atoms with Crippen molar-refractivity contribution in [3.8, 4) is 11.3 Å². The standard InChI is InChI=1S/C24H20ClN3O4/c25-19-9-3-1-7-17(19)21-15-26-23(32-21)12-11-22(29)28-20-10-4-2-8-18(20)24(30)27-14-16-6-5-13-31-16/h1-10,13,15H,11-12,14H2,(H,27,30)(H,28,29). The number of nitrogens with one attached hydrogen (secondary N) is 2. The lowest BCUT2D eigenvalue weighted by Crippen LogP contribution is -2.24. The number of carbonyl (C=O) groups excluding carboxylic acids is 2. The molecule has 2 N–H and O–H groups in total. The van der Waals surface area contributed by atoms with Gasteiger partial charge in [-0.15, -0.1) is 0 Å². The van der Waals surface area contributed by atoms with Gasteiger partial charge in [0.2, 0.25) is 5.91 Å². The number of halogens is 1. The van der Waals surface area contributed by atoms with E-state index in [0.717, 1.165) is 5.56 Å². The van der Waals surface area contributed by atoms with Crippen molar-refractivity contribution in [2.75, 3.05) is 5.32 Å². The zero-order valence-corrected chi connectivity index (χ0v) is 17.8. The van der Waals surface area contributed by atoms with Crippen LogP contribution in [0.2, 0.25) is 5.02 Å². The maximum Gasteiger partial charge on any atom is 0.253 e. The summed E-state index contributed by atoms with van der Waals surface area (Å²) in [6.07, 6.45) is 3.59. The molecule has 0 saturated heterocycles. The van der Waals surface area contributed by atoms with E-state index in [-0.39, 0.29) is 24.8 Å². The van der Waals surface area contributed by atoms with Crippen LogP contribution < -0.4 is 10.6 Å². The van der Waals surface area contributed by atoms with Crippen LogP contribution in [0.15, 0.2) is 82.0 Å². The topological polar surface area (TPSA) is 97.4 Å². The minimum atomic E-state index is -0.311. The lowest BCUT2D eigenvalue weighted by Gasteiger charge is -2.10. The number of hydrogen-bond acceptors (Lipinski definition) is 5. The van der Waals surface area contributed by atoms with Gasteiger partial charge in [-0.05, 0) is 36.4 Å². The van der Waals surface area contributed by atoms with Crippen molar-refractivity contribution in [1.82, 2.24) is 10.3 Å². The largest absolute Gasteiger partial charge is 0.467 e. The number of para-hydroxylation sites is 1. The van der Waals surface area contributed by atoms with Crippen LogP contribution in [0.3, 0.4) is 0 Å². The summed E-state index contributed by atoms with van der Waals surface area (Å²) >= 11 is 6.19. The highest BCUT2D eigenvalue weighted by Gasteiger charge is 2.15. The van der Waals surface area contributed by atoms with Crippen LogP contribution in [0.25, 0.3) is 11.3 Å². The number of benzene rings is 2. The zero-order chi connectivity index (χ0) is 22.3. The molecule has 4 aromatic rings. The van der Waals surface area contributed by atoms with Crippen molar-refractivity contribution in [3.63, 3.8) is 0 Å². The van der Waals surface area contributed by atoms with Crippen LogP contribution in [-0.2, 0) is 17.8 Å². The normalized spacial score (nSPS) is 10.7. The highest BCUT2D eigenvalue weighted by atomic mass is 35.5. The first-order valence-electron chi connectivity index (χ1n) is 9.99. The first-order chi connectivity index (χ1) is 15.6. The molecule has 0 aliphatic carbocycles. The molecule has 0 fully saturated rings. The van der Waals surface area contributed by atoms with E-state index in [0.29, 0.717) is 40.1 Å². The van der Waals surface area contributed by atoms with E-state index in [1.165, 1.54) is 0 Å². The van der Waals surface area contributed by atoms with Crippen molar-refractivity contribution in [2.24, 2.45) is 0 Å². The van der Waals surface area contributed by atoms with Gasteiger partial charge in [-0.1, -0.05) is 35.9 Å². The van der Waals surface area contributed by atoms with Crippen molar-refractivity contribution in [1.29, 1.82) is 0 Å². The Morgan fingerprint density at radius 1 is 1.00 bits per heavy atom. The Morgan fingerprint density at radius 3 is 2.62 bits per heavy atom. The third-order valence-electron chi connectivity index (χ3n) is 4.71. The highest BCUT2D eigenvalue weighted by Crippen LogP contribution is 2.28. The quantitative estimate of drug-likeness (QED) is 0.390. The highest BCUT2D eigenvalue weighted by molar-refractivity contribution is 6.33. The first-order valence-corrected chi connectivity index (χ1v) is 10.4. The molecule has 0 bridgehead atoms. The maximum atomic E-state index is 12.5. The summed E-state index contributed by atoms with van der Waals surface area (Å²) in [5.74, 6) is 1.05. The predicted molar refractivity (Wildman–Crippen MR) is 120 cm³/mol. The smallest absolute Gasteiger partial charge is 0.253 e. The van der Waals surface area contributed by atoms with Crippen LogP contribution in [0.4, 0.5) is 5.69 Å². The number of nitrogens with zero attached hydrogens (tertiary/aromatic N) is 1. The van der Waals surface area contributed by atoms with E-state index in [4.69, 9.17) is 20.4 Å². The van der Waals surface area contributed by atoms with Crippen LogP contribution in [0, 0.1) is 0 Å². The Kier molecular flexibility index (Phi) is 6.67. The third kappa shape index (κ3) is 5.25. The number of furan rings is 1. The number of anilines is 1. The van der Waals surface area contributed by atoms with Crippen LogP contribution in [0.1, 0.15) is 28.4 Å². The second-order valence-electron chi connectivity index (χ2n) is 6.95. The average Bonchev–Trinajstić information content (AvgIpc) is 3.49. The summed E-state index contributed by atoms with van der Waals surface area (Å²) in [5.41, 5.74) is 1.54. The molecular formula is C24H20ClN3O4. The SMILES string of the molecule is O=C(CCc1ncc(-c2ccccc2Cl)o1)Nc1ccccc1C(=O)NCc1ccco1. The van der Waals surface area contributed by atoms with Gasteiger partial charge in [0.15, 0.2) is 11.7 Å². The van der Waals surface area contributed by atoms with Crippen molar-refractivity contribution < 1.29 is 18.4 Å². The van der Waals surface area contributed by atoms with E-state index in [9.17, 15) is 9.59 Å². The Balaban J connectivity index is 1.35. The predicted octanol–water partition coefficient (Wildman–Crippen LogP) is 5.09. The molecule has 0 unspecified atom stereocenters. The molecule has 0 atom stereocenters. The van der Waals surface area contributed by atoms with Gasteiger partial charge in [0, 0.05) is 18.4 Å². The van der Waals surface area contributed by atoms with Crippen LogP contribution in [-0.4, -0.2) is 16.8 Å². The Morgan fingerprint density at radius 2 is 1.81 bits per heavy atom. The average molecular weight is 450 g/mol. The number of carbonyl (C=O) groups is 2. The summed E-state index contributed by atoms with van der Waals surface area (Å²) in [4.78, 5) is 29.3. The van der Waals surface area contributed by atoms with Gasteiger partial charge >= 0.3 is 0 Å². The summed E-state index contributed by atoms with van der Waals surface area (Å²) in [6, 6.07) is 17.7. The molecule has 0 aliphatic rings. The number of aromatic nitrogens is 1. The van der Waals surface area contributed by atoms with Crippen molar-refractivity contribution in [3.05, 3.63) is 95.4 Å². The van der Waals surface area contributed by atoms with Crippen molar-refractivity contribution >= 4 is 29.1 Å². The fourth-order valence-corrected chi connectivity index (χ4v) is 3.34. The molecule has 0 aliphatic heterocycles. The molecule has 7 nitrogen and oxygen atoms in total. The lowest BCUT2D eigenvalue weighted by atomic mass is 10.1. The number of rotatable bonds is 8. The lowest BCUT2D eigenvalue weighted by molar-refractivity contribution is -0.116. The van der Waals surface area contributed by atoms with E-state index >= 15 is 0 Å². The fourth-order valence-electron chi connectivity index (χ4n) is 3.11. The molecule has 0 spiro atoms. The van der Waals surface area contributed by atoms with Gasteiger partial charge in [0.1, 0.15) is 5.76 Å². The van der Waals surface area contributed by atoms with Gasteiger partial charge in [-0.25, -0.2) is 4.98 Å². The summed E-state index contributed by atoms with van der Waals surface area (Å²) in [7, 11) is 0. The molecule has 0 radical (unpaired) electrons. The van der Waals surface area contributed by atoms with Crippen LogP contribution in [0.5, 0.6) is 0 Å². The molecule has 4 rings (SSSR count). The molecule has 8 heteroatoms. The Hall–Kier alpha value is -3.84. The number of hydrogen-bond donors (Lipinski definition) is 2. The first kappa shape index (κ1) is 21.4. The van der Waals surface area contributed by atoms with E-state index in [1.807, 2.05) is 18.2 Å². The van der Waals surface area contributed by atoms with E-state index in [1.54, 1.807) is 54.9 Å². The number of aryl methyl sites for hydroxylation is 1. The Bertz CT molecular complexity index is 1220. The van der Waals surface area contributed by atoms with Crippen molar-refractivity contribution in [2.45, 2.75) is 19.4 Å². The minimum Gasteiger partial charge on any atom is -0.467 e. The van der Waals surface area contributed by atoms with Crippen LogP contribution >= 0.6 is 11.6 Å². The molecule has 2 aromatic carbocycles. The molecule has 0 saturated carbocycles. The van der Waals surface area contributed by atoms with E-state index < -0.39 is 0 Å².